The van der Waals surface area contributed by atoms with Crippen LogP contribution in [0, 0.1) is 0 Å². The van der Waals surface area contributed by atoms with Crippen LogP contribution in [0.5, 0.6) is 0 Å². The third-order valence-corrected chi connectivity index (χ3v) is 2.25. The highest BCUT2D eigenvalue weighted by atomic mass is 16.6. The molecule has 14 heavy (non-hydrogen) atoms. The van der Waals surface area contributed by atoms with Gasteiger partial charge in [-0.3, -0.25) is 4.90 Å². The van der Waals surface area contributed by atoms with Crippen molar-refractivity contribution in [3.05, 3.63) is 24.2 Å². The van der Waals surface area contributed by atoms with Crippen molar-refractivity contribution in [2.45, 2.75) is 12.6 Å². The number of hydrogen-bond donors (Lipinski definition) is 1. The standard InChI is InChI=1S/C9H12N2O3/c10-4-7-6-14-9(12)11(7)5-8-2-1-3-13-8/h1-3,7H,4-6,10H2. The van der Waals surface area contributed by atoms with Gasteiger partial charge in [0.25, 0.3) is 0 Å². The first-order valence-electron chi connectivity index (χ1n) is 4.47. The van der Waals surface area contributed by atoms with E-state index in [0.717, 1.165) is 5.76 Å². The molecule has 0 radical (unpaired) electrons. The molecule has 1 aliphatic heterocycles. The molecular formula is C9H12N2O3. The van der Waals surface area contributed by atoms with Crippen molar-refractivity contribution in [3.8, 4) is 0 Å². The zero-order chi connectivity index (χ0) is 9.97. The zero-order valence-corrected chi connectivity index (χ0v) is 7.68. The van der Waals surface area contributed by atoms with Gasteiger partial charge in [-0.1, -0.05) is 0 Å². The Kier molecular flexibility index (Phi) is 2.41. The summed E-state index contributed by atoms with van der Waals surface area (Å²) in [7, 11) is 0. The Bertz CT molecular complexity index is 310. The number of ether oxygens (including phenoxy) is 1. The fraction of sp³-hybridized carbons (Fsp3) is 0.444. The first kappa shape index (κ1) is 9.08. The Hall–Kier alpha value is -1.49. The van der Waals surface area contributed by atoms with Gasteiger partial charge < -0.3 is 14.9 Å². The number of furan rings is 1. The maximum absolute atomic E-state index is 11.3. The number of nitrogens with zero attached hydrogens (tertiary/aromatic N) is 1. The molecule has 1 unspecified atom stereocenters. The van der Waals surface area contributed by atoms with Crippen LogP contribution in [0.2, 0.25) is 0 Å². The first-order valence-corrected chi connectivity index (χ1v) is 4.47. The molecule has 0 spiro atoms. The summed E-state index contributed by atoms with van der Waals surface area (Å²) in [6, 6.07) is 3.57. The highest BCUT2D eigenvalue weighted by Gasteiger charge is 2.32. The molecule has 1 aromatic rings. The van der Waals surface area contributed by atoms with Gasteiger partial charge in [-0.05, 0) is 12.1 Å². The molecule has 1 atom stereocenters. The van der Waals surface area contributed by atoms with Crippen LogP contribution in [0.3, 0.4) is 0 Å². The summed E-state index contributed by atoms with van der Waals surface area (Å²) in [6.45, 7) is 1.20. The minimum Gasteiger partial charge on any atom is -0.467 e. The topological polar surface area (TPSA) is 68.7 Å². The first-order chi connectivity index (χ1) is 6.81. The van der Waals surface area contributed by atoms with Crippen LogP contribution in [-0.4, -0.2) is 30.2 Å². The van der Waals surface area contributed by atoms with Crippen LogP contribution in [0.25, 0.3) is 0 Å². The fourth-order valence-corrected chi connectivity index (χ4v) is 1.45. The van der Waals surface area contributed by atoms with Gasteiger partial charge in [-0.25, -0.2) is 4.79 Å². The molecular weight excluding hydrogens is 184 g/mol. The number of carbonyl (C=O) groups is 1. The molecule has 1 aromatic heterocycles. The number of nitrogens with two attached hydrogens (primary N) is 1. The predicted molar refractivity (Wildman–Crippen MR) is 48.4 cm³/mol. The van der Waals surface area contributed by atoms with Crippen molar-refractivity contribution >= 4 is 6.09 Å². The van der Waals surface area contributed by atoms with Crippen LogP contribution in [0.15, 0.2) is 22.8 Å². The maximum atomic E-state index is 11.3. The average Bonchev–Trinajstić information content (AvgIpc) is 2.79. The van der Waals surface area contributed by atoms with Crippen molar-refractivity contribution in [2.75, 3.05) is 13.2 Å². The number of hydrogen-bond acceptors (Lipinski definition) is 4. The molecule has 2 heterocycles. The smallest absolute Gasteiger partial charge is 0.410 e. The number of carbonyl (C=O) groups excluding carboxylic acids is 1. The van der Waals surface area contributed by atoms with Crippen LogP contribution < -0.4 is 5.73 Å². The molecule has 1 saturated heterocycles. The van der Waals surface area contributed by atoms with Crippen molar-refractivity contribution in [1.82, 2.24) is 4.90 Å². The third-order valence-electron chi connectivity index (χ3n) is 2.25. The summed E-state index contributed by atoms with van der Waals surface area (Å²) in [5, 5.41) is 0. The summed E-state index contributed by atoms with van der Waals surface area (Å²) < 4.78 is 10.0. The highest BCUT2D eigenvalue weighted by molar-refractivity contribution is 5.70. The van der Waals surface area contributed by atoms with Crippen molar-refractivity contribution in [1.29, 1.82) is 0 Å². The molecule has 5 heteroatoms. The van der Waals surface area contributed by atoms with Crippen molar-refractivity contribution in [3.63, 3.8) is 0 Å². The Morgan fingerprint density at radius 1 is 1.64 bits per heavy atom. The second kappa shape index (κ2) is 3.71. The predicted octanol–water partition coefficient (Wildman–Crippen LogP) is 0.559. The molecule has 1 amide bonds. The quantitative estimate of drug-likeness (QED) is 0.766. The van der Waals surface area contributed by atoms with Gasteiger partial charge in [0.2, 0.25) is 0 Å². The molecule has 1 fully saturated rings. The summed E-state index contributed by atoms with van der Waals surface area (Å²) in [5.74, 6) is 0.738. The summed E-state index contributed by atoms with van der Waals surface area (Å²) in [6.07, 6.45) is 1.26. The second-order valence-electron chi connectivity index (χ2n) is 3.17. The minimum atomic E-state index is -0.322. The van der Waals surface area contributed by atoms with E-state index < -0.39 is 0 Å². The van der Waals surface area contributed by atoms with Gasteiger partial charge in [0.05, 0.1) is 18.8 Å². The SMILES string of the molecule is NCC1COC(=O)N1Cc1ccco1. The molecule has 0 bridgehead atoms. The molecule has 5 nitrogen and oxygen atoms in total. The fourth-order valence-electron chi connectivity index (χ4n) is 1.45. The van der Waals surface area contributed by atoms with E-state index >= 15 is 0 Å². The van der Waals surface area contributed by atoms with Crippen LogP contribution >= 0.6 is 0 Å². The van der Waals surface area contributed by atoms with E-state index in [0.29, 0.717) is 19.7 Å². The zero-order valence-electron chi connectivity index (χ0n) is 7.68. The Morgan fingerprint density at radius 3 is 3.14 bits per heavy atom. The molecule has 0 aromatic carbocycles. The van der Waals surface area contributed by atoms with Gasteiger partial charge in [0.15, 0.2) is 0 Å². The monoisotopic (exact) mass is 196 g/mol. The lowest BCUT2D eigenvalue weighted by atomic mass is 10.3. The van der Waals surface area contributed by atoms with E-state index in [1.54, 1.807) is 17.2 Å². The number of amides is 1. The van der Waals surface area contributed by atoms with Crippen LogP contribution in [0.4, 0.5) is 4.79 Å². The largest absolute Gasteiger partial charge is 0.467 e. The third kappa shape index (κ3) is 1.58. The minimum absolute atomic E-state index is 0.0346. The molecule has 0 saturated carbocycles. The van der Waals surface area contributed by atoms with Gasteiger partial charge >= 0.3 is 6.09 Å². The number of cyclic esters (lactones) is 1. The lowest BCUT2D eigenvalue weighted by Crippen LogP contribution is -2.38. The van der Waals surface area contributed by atoms with Crippen molar-refractivity contribution in [2.24, 2.45) is 5.73 Å². The maximum Gasteiger partial charge on any atom is 0.410 e. The molecule has 76 valence electrons. The van der Waals surface area contributed by atoms with E-state index in [1.165, 1.54) is 0 Å². The molecule has 0 aliphatic carbocycles. The second-order valence-corrected chi connectivity index (χ2v) is 3.17. The van der Waals surface area contributed by atoms with Crippen LogP contribution in [0.1, 0.15) is 5.76 Å². The summed E-state index contributed by atoms with van der Waals surface area (Å²) in [5.41, 5.74) is 5.51. The van der Waals surface area contributed by atoms with E-state index in [9.17, 15) is 4.79 Å². The Morgan fingerprint density at radius 2 is 2.50 bits per heavy atom. The summed E-state index contributed by atoms with van der Waals surface area (Å²) in [4.78, 5) is 12.9. The van der Waals surface area contributed by atoms with E-state index in [2.05, 4.69) is 0 Å². The van der Waals surface area contributed by atoms with Gasteiger partial charge in [-0.15, -0.1) is 0 Å². The molecule has 2 rings (SSSR count). The van der Waals surface area contributed by atoms with Gasteiger partial charge in [-0.2, -0.15) is 0 Å². The normalized spacial score (nSPS) is 21.4. The van der Waals surface area contributed by atoms with E-state index in [4.69, 9.17) is 14.9 Å². The van der Waals surface area contributed by atoms with E-state index in [1.807, 2.05) is 6.07 Å². The van der Waals surface area contributed by atoms with Gasteiger partial charge in [0.1, 0.15) is 12.4 Å². The lowest BCUT2D eigenvalue weighted by molar-refractivity contribution is 0.154. The highest BCUT2D eigenvalue weighted by Crippen LogP contribution is 2.15. The molecule has 2 N–H and O–H groups in total. The Labute approximate surface area is 81.4 Å². The Balaban J connectivity index is 2.05. The average molecular weight is 196 g/mol. The van der Waals surface area contributed by atoms with Crippen molar-refractivity contribution < 1.29 is 13.9 Å². The summed E-state index contributed by atoms with van der Waals surface area (Å²) >= 11 is 0. The van der Waals surface area contributed by atoms with Gasteiger partial charge in [0, 0.05) is 6.54 Å². The lowest BCUT2D eigenvalue weighted by Gasteiger charge is -2.18. The number of rotatable bonds is 3. The van der Waals surface area contributed by atoms with E-state index in [-0.39, 0.29) is 12.1 Å². The molecule has 1 aliphatic rings. The van der Waals surface area contributed by atoms with Crippen LogP contribution in [-0.2, 0) is 11.3 Å².